The van der Waals surface area contributed by atoms with Gasteiger partial charge in [-0.1, -0.05) is 0 Å². The van der Waals surface area contributed by atoms with Gasteiger partial charge in [0.25, 0.3) is 5.91 Å². The van der Waals surface area contributed by atoms with Gasteiger partial charge < -0.3 is 4.74 Å². The van der Waals surface area contributed by atoms with Crippen molar-refractivity contribution < 1.29 is 18.3 Å². The van der Waals surface area contributed by atoms with Crippen LogP contribution in [0.4, 0.5) is 14.7 Å². The number of carbonyl (C=O) groups is 1. The number of aromatic nitrogens is 3. The van der Waals surface area contributed by atoms with Gasteiger partial charge >= 0.3 is 12.4 Å². The fraction of sp³-hybridized carbons (Fsp3) is 0.400. The molecule has 72 valence electrons. The number of anilines is 1. The van der Waals surface area contributed by atoms with E-state index in [4.69, 9.17) is 0 Å². The van der Waals surface area contributed by atoms with Crippen molar-refractivity contribution in [1.82, 2.24) is 15.2 Å². The molecule has 0 aliphatic heterocycles. The van der Waals surface area contributed by atoms with Crippen molar-refractivity contribution in [2.24, 2.45) is 0 Å². The van der Waals surface area contributed by atoms with Gasteiger partial charge in [-0.3, -0.25) is 10.1 Å². The molecule has 1 aromatic heterocycles. The van der Waals surface area contributed by atoms with Gasteiger partial charge in [-0.25, -0.2) is 5.10 Å². The van der Waals surface area contributed by atoms with E-state index < -0.39 is 12.3 Å². The molecule has 0 unspecified atom stereocenters. The van der Waals surface area contributed by atoms with Crippen LogP contribution >= 0.6 is 0 Å². The summed E-state index contributed by atoms with van der Waals surface area (Å²) in [5.74, 6) is -1.62. The standard InChI is InChI=1S/C5H6F2N4O2/c1-13-5-9-4(10-11-5)8-3(12)2(6)7/h2H,1H3,(H2,8,9,10,11,12). The molecule has 0 atom stereocenters. The van der Waals surface area contributed by atoms with Crippen molar-refractivity contribution in [1.29, 1.82) is 0 Å². The molecule has 0 bridgehead atoms. The van der Waals surface area contributed by atoms with E-state index >= 15 is 0 Å². The summed E-state index contributed by atoms with van der Waals surface area (Å²) in [6.45, 7) is 0. The van der Waals surface area contributed by atoms with E-state index in [1.54, 1.807) is 5.32 Å². The molecule has 8 heteroatoms. The SMILES string of the molecule is COc1n[nH]c(NC(=O)C(F)F)n1. The maximum absolute atomic E-state index is 11.7. The lowest BCUT2D eigenvalue weighted by molar-refractivity contribution is -0.126. The molecule has 2 N–H and O–H groups in total. The van der Waals surface area contributed by atoms with Crippen LogP contribution in [-0.2, 0) is 4.79 Å². The van der Waals surface area contributed by atoms with E-state index in [0.717, 1.165) is 0 Å². The van der Waals surface area contributed by atoms with Crippen LogP contribution in [0.15, 0.2) is 0 Å². The lowest BCUT2D eigenvalue weighted by Crippen LogP contribution is -2.20. The minimum absolute atomic E-state index is 0.0374. The second-order valence-electron chi connectivity index (χ2n) is 1.96. The van der Waals surface area contributed by atoms with Crippen molar-refractivity contribution in [3.05, 3.63) is 0 Å². The summed E-state index contributed by atoms with van der Waals surface area (Å²) >= 11 is 0. The average Bonchev–Trinajstić information content (AvgIpc) is 2.52. The Balaban J connectivity index is 2.59. The third-order valence-electron chi connectivity index (χ3n) is 1.09. The van der Waals surface area contributed by atoms with Crippen LogP contribution in [0.5, 0.6) is 6.01 Å². The van der Waals surface area contributed by atoms with Crippen LogP contribution in [0.1, 0.15) is 0 Å². The Morgan fingerprint density at radius 2 is 2.38 bits per heavy atom. The quantitative estimate of drug-likeness (QED) is 0.707. The van der Waals surface area contributed by atoms with E-state index in [1.807, 2.05) is 0 Å². The highest BCUT2D eigenvalue weighted by Gasteiger charge is 2.16. The molecule has 0 aliphatic rings. The Bertz CT molecular complexity index is 300. The summed E-state index contributed by atoms with van der Waals surface area (Å²) < 4.78 is 27.9. The maximum Gasteiger partial charge on any atom is 0.336 e. The Morgan fingerprint density at radius 3 is 2.85 bits per heavy atom. The fourth-order valence-electron chi connectivity index (χ4n) is 0.565. The summed E-state index contributed by atoms with van der Waals surface area (Å²) in [4.78, 5) is 13.9. The van der Waals surface area contributed by atoms with Gasteiger partial charge in [0.05, 0.1) is 7.11 Å². The first-order chi connectivity index (χ1) is 6.13. The third kappa shape index (κ3) is 2.36. The second-order valence-corrected chi connectivity index (χ2v) is 1.96. The molecule has 0 spiro atoms. The van der Waals surface area contributed by atoms with E-state index in [-0.39, 0.29) is 12.0 Å². The van der Waals surface area contributed by atoms with E-state index in [2.05, 4.69) is 19.9 Å². The Labute approximate surface area is 71.3 Å². The van der Waals surface area contributed by atoms with Crippen LogP contribution in [0.3, 0.4) is 0 Å². The number of nitrogens with zero attached hydrogens (tertiary/aromatic N) is 2. The highest BCUT2D eigenvalue weighted by molar-refractivity contribution is 5.91. The van der Waals surface area contributed by atoms with Crippen LogP contribution in [-0.4, -0.2) is 34.6 Å². The van der Waals surface area contributed by atoms with Gasteiger partial charge in [0.15, 0.2) is 0 Å². The van der Waals surface area contributed by atoms with Crippen LogP contribution in [0.25, 0.3) is 0 Å². The highest BCUT2D eigenvalue weighted by atomic mass is 19.3. The molecular formula is C5H6F2N4O2. The number of ether oxygens (including phenoxy) is 1. The molecule has 0 aliphatic carbocycles. The van der Waals surface area contributed by atoms with E-state index in [1.165, 1.54) is 7.11 Å². The number of hydrogen-bond donors (Lipinski definition) is 2. The maximum atomic E-state index is 11.7. The normalized spacial score (nSPS) is 10.2. The molecular weight excluding hydrogens is 186 g/mol. The molecule has 0 radical (unpaired) electrons. The lowest BCUT2D eigenvalue weighted by Gasteiger charge is -1.97. The van der Waals surface area contributed by atoms with Gasteiger partial charge in [0.2, 0.25) is 5.95 Å². The number of H-pyrrole nitrogens is 1. The zero-order valence-corrected chi connectivity index (χ0v) is 6.54. The number of halogens is 2. The smallest absolute Gasteiger partial charge is 0.336 e. The van der Waals surface area contributed by atoms with Crippen LogP contribution < -0.4 is 10.1 Å². The zero-order chi connectivity index (χ0) is 9.84. The number of nitrogens with one attached hydrogen (secondary N) is 2. The van der Waals surface area contributed by atoms with Gasteiger partial charge in [0.1, 0.15) is 0 Å². The molecule has 0 fully saturated rings. The largest absolute Gasteiger partial charge is 0.466 e. The molecule has 1 heterocycles. The molecule has 1 rings (SSSR count). The van der Waals surface area contributed by atoms with E-state index in [0.29, 0.717) is 0 Å². The highest BCUT2D eigenvalue weighted by Crippen LogP contribution is 2.05. The Hall–Kier alpha value is -1.73. The molecule has 6 nitrogen and oxygen atoms in total. The Morgan fingerprint density at radius 1 is 1.69 bits per heavy atom. The first-order valence-corrected chi connectivity index (χ1v) is 3.19. The lowest BCUT2D eigenvalue weighted by atomic mass is 10.6. The van der Waals surface area contributed by atoms with Gasteiger partial charge in [-0.2, -0.15) is 13.8 Å². The van der Waals surface area contributed by atoms with E-state index in [9.17, 15) is 13.6 Å². The molecule has 0 saturated heterocycles. The van der Waals surface area contributed by atoms with Gasteiger partial charge in [-0.15, -0.1) is 5.10 Å². The van der Waals surface area contributed by atoms with Crippen LogP contribution in [0.2, 0.25) is 0 Å². The number of hydrogen-bond acceptors (Lipinski definition) is 4. The number of amides is 1. The topological polar surface area (TPSA) is 79.9 Å². The molecule has 0 saturated carbocycles. The van der Waals surface area contributed by atoms with Crippen molar-refractivity contribution in [3.8, 4) is 6.01 Å². The first-order valence-electron chi connectivity index (χ1n) is 3.19. The predicted molar refractivity (Wildman–Crippen MR) is 37.6 cm³/mol. The molecule has 1 amide bonds. The fourth-order valence-corrected chi connectivity index (χ4v) is 0.565. The second kappa shape index (κ2) is 3.78. The first kappa shape index (κ1) is 9.36. The van der Waals surface area contributed by atoms with Crippen LogP contribution in [0, 0.1) is 0 Å². The summed E-state index contributed by atoms with van der Waals surface area (Å²) in [7, 11) is 1.31. The Kier molecular flexibility index (Phi) is 2.72. The number of carbonyl (C=O) groups excluding carboxylic acids is 1. The summed E-state index contributed by atoms with van der Waals surface area (Å²) in [6.07, 6.45) is -3.09. The number of alkyl halides is 2. The summed E-state index contributed by atoms with van der Waals surface area (Å²) in [5, 5.41) is 7.42. The predicted octanol–water partition coefficient (Wildman–Crippen LogP) is 0.0169. The number of rotatable bonds is 3. The summed E-state index contributed by atoms with van der Waals surface area (Å²) in [6, 6.07) is -0.0374. The summed E-state index contributed by atoms with van der Waals surface area (Å²) in [5.41, 5.74) is 0. The van der Waals surface area contributed by atoms with Crippen molar-refractivity contribution in [2.75, 3.05) is 12.4 Å². The number of methoxy groups -OCH3 is 1. The monoisotopic (exact) mass is 192 g/mol. The number of aromatic amines is 1. The molecule has 0 aromatic carbocycles. The van der Waals surface area contributed by atoms with Crippen molar-refractivity contribution in [2.45, 2.75) is 6.43 Å². The minimum Gasteiger partial charge on any atom is -0.466 e. The van der Waals surface area contributed by atoms with Gasteiger partial charge in [-0.05, 0) is 0 Å². The third-order valence-corrected chi connectivity index (χ3v) is 1.09. The van der Waals surface area contributed by atoms with Gasteiger partial charge in [0, 0.05) is 0 Å². The average molecular weight is 192 g/mol. The van der Waals surface area contributed by atoms with Crippen molar-refractivity contribution >= 4 is 11.9 Å². The molecule has 1 aromatic rings. The minimum atomic E-state index is -3.09. The molecule has 13 heavy (non-hydrogen) atoms. The van der Waals surface area contributed by atoms with Crippen molar-refractivity contribution in [3.63, 3.8) is 0 Å². The zero-order valence-electron chi connectivity index (χ0n) is 6.54.